The van der Waals surface area contributed by atoms with Crippen molar-refractivity contribution in [3.63, 3.8) is 0 Å². The molecule has 160 valence electrons. The average Bonchev–Trinajstić information content (AvgIpc) is 2.78. The van der Waals surface area contributed by atoms with Crippen molar-refractivity contribution in [2.75, 3.05) is 11.4 Å². The molecular weight excluding hydrogens is 461 g/mol. The van der Waals surface area contributed by atoms with Crippen LogP contribution in [0.4, 0.5) is 5.69 Å². The van der Waals surface area contributed by atoms with Crippen molar-refractivity contribution < 1.29 is 18.0 Å². The van der Waals surface area contributed by atoms with Gasteiger partial charge >= 0.3 is 0 Å². The molecule has 0 spiro atoms. The highest BCUT2D eigenvalue weighted by Gasteiger charge is 2.25. The van der Waals surface area contributed by atoms with Gasteiger partial charge in [0.2, 0.25) is 0 Å². The molecule has 2 N–H and O–H groups in total. The summed E-state index contributed by atoms with van der Waals surface area (Å²) in [5.74, 6) is -1.22. The van der Waals surface area contributed by atoms with E-state index in [2.05, 4.69) is 10.9 Å². The van der Waals surface area contributed by atoms with Gasteiger partial charge in [0, 0.05) is 23.2 Å². The normalized spacial score (nSPS) is 10.9. The molecule has 0 fully saturated rings. The minimum Gasteiger partial charge on any atom is -0.269 e. The summed E-state index contributed by atoms with van der Waals surface area (Å²) >= 11 is 12.0. The Kier molecular flexibility index (Phi) is 6.84. The van der Waals surface area contributed by atoms with Crippen LogP contribution in [0.3, 0.4) is 0 Å². The molecule has 0 aliphatic heterocycles. The number of benzene rings is 3. The predicted molar refractivity (Wildman–Crippen MR) is 120 cm³/mol. The minimum atomic E-state index is -4.07. The summed E-state index contributed by atoms with van der Waals surface area (Å²) in [5.41, 5.74) is 5.26. The monoisotopic (exact) mass is 477 g/mol. The number of rotatable bonds is 5. The molecule has 0 radical (unpaired) electrons. The van der Waals surface area contributed by atoms with Crippen molar-refractivity contribution >= 4 is 50.7 Å². The minimum absolute atomic E-state index is 0.000780. The number of halogens is 2. The van der Waals surface area contributed by atoms with Gasteiger partial charge in [0.25, 0.3) is 21.8 Å². The van der Waals surface area contributed by atoms with Crippen LogP contribution in [0.1, 0.15) is 20.7 Å². The van der Waals surface area contributed by atoms with Crippen LogP contribution >= 0.6 is 23.2 Å². The second-order valence-electron chi connectivity index (χ2n) is 6.37. The third-order valence-corrected chi connectivity index (χ3v) is 6.87. The fourth-order valence-corrected chi connectivity index (χ4v) is 4.45. The molecule has 0 unspecified atom stereocenters. The predicted octanol–water partition coefficient (Wildman–Crippen LogP) is 3.89. The lowest BCUT2D eigenvalue weighted by molar-refractivity contribution is 0.0846. The van der Waals surface area contributed by atoms with E-state index in [1.54, 1.807) is 54.6 Å². The van der Waals surface area contributed by atoms with Gasteiger partial charge < -0.3 is 0 Å². The van der Waals surface area contributed by atoms with E-state index in [4.69, 9.17) is 23.2 Å². The topological polar surface area (TPSA) is 95.6 Å². The van der Waals surface area contributed by atoms with Gasteiger partial charge in [0.15, 0.2) is 0 Å². The summed E-state index contributed by atoms with van der Waals surface area (Å²) in [5, 5.41) is 0.412. The Morgan fingerprint density at radius 2 is 1.39 bits per heavy atom. The van der Waals surface area contributed by atoms with Crippen LogP contribution in [-0.4, -0.2) is 27.3 Å². The zero-order valence-corrected chi connectivity index (χ0v) is 18.5. The number of amides is 2. The zero-order chi connectivity index (χ0) is 22.6. The molecule has 3 aromatic rings. The fraction of sp³-hybridized carbons (Fsp3) is 0.0476. The Morgan fingerprint density at radius 1 is 0.806 bits per heavy atom. The molecule has 0 saturated carbocycles. The van der Waals surface area contributed by atoms with Gasteiger partial charge in [0.05, 0.1) is 10.7 Å². The van der Waals surface area contributed by atoms with E-state index in [1.807, 2.05) is 0 Å². The summed E-state index contributed by atoms with van der Waals surface area (Å²) in [6.07, 6.45) is 0. The zero-order valence-electron chi connectivity index (χ0n) is 16.2. The highest BCUT2D eigenvalue weighted by Crippen LogP contribution is 2.29. The number of hydrogen-bond donors (Lipinski definition) is 2. The van der Waals surface area contributed by atoms with E-state index in [0.717, 1.165) is 10.4 Å². The Bertz CT molecular complexity index is 1220. The number of hydrogen-bond acceptors (Lipinski definition) is 4. The van der Waals surface area contributed by atoms with Gasteiger partial charge in [-0.05, 0) is 54.6 Å². The number of sulfonamides is 1. The Labute approximate surface area is 189 Å². The van der Waals surface area contributed by atoms with Gasteiger partial charge in [-0.1, -0.05) is 41.4 Å². The van der Waals surface area contributed by atoms with Crippen LogP contribution < -0.4 is 15.2 Å². The number of anilines is 1. The molecule has 0 atom stereocenters. The van der Waals surface area contributed by atoms with Crippen molar-refractivity contribution in [2.24, 2.45) is 0 Å². The van der Waals surface area contributed by atoms with E-state index in [1.165, 1.54) is 19.2 Å². The maximum Gasteiger partial charge on any atom is 0.269 e. The van der Waals surface area contributed by atoms with Gasteiger partial charge in [0.1, 0.15) is 4.90 Å². The number of carbonyl (C=O) groups excluding carboxylic acids is 2. The molecule has 3 aromatic carbocycles. The molecule has 2 amide bonds. The van der Waals surface area contributed by atoms with E-state index < -0.39 is 21.8 Å². The number of nitrogens with one attached hydrogen (secondary N) is 2. The van der Waals surface area contributed by atoms with Crippen molar-refractivity contribution in [3.8, 4) is 0 Å². The smallest absolute Gasteiger partial charge is 0.269 e. The Balaban J connectivity index is 1.81. The second kappa shape index (κ2) is 9.38. The molecule has 31 heavy (non-hydrogen) atoms. The lowest BCUT2D eigenvalue weighted by Crippen LogP contribution is -2.41. The van der Waals surface area contributed by atoms with Gasteiger partial charge in [-0.2, -0.15) is 0 Å². The van der Waals surface area contributed by atoms with Crippen molar-refractivity contribution in [2.45, 2.75) is 4.90 Å². The first-order chi connectivity index (χ1) is 14.7. The van der Waals surface area contributed by atoms with Crippen LogP contribution in [0, 0.1) is 0 Å². The molecule has 7 nitrogen and oxygen atoms in total. The second-order valence-corrected chi connectivity index (χ2v) is 9.15. The number of hydrazine groups is 1. The van der Waals surface area contributed by atoms with E-state index >= 15 is 0 Å². The molecule has 3 rings (SSSR count). The van der Waals surface area contributed by atoms with Crippen molar-refractivity contribution in [1.82, 2.24) is 10.9 Å². The van der Waals surface area contributed by atoms with Gasteiger partial charge in [-0.25, -0.2) is 8.42 Å². The molecule has 0 bridgehead atoms. The molecule has 0 aromatic heterocycles. The highest BCUT2D eigenvalue weighted by molar-refractivity contribution is 7.93. The summed E-state index contributed by atoms with van der Waals surface area (Å²) < 4.78 is 27.2. The first-order valence-electron chi connectivity index (χ1n) is 8.90. The summed E-state index contributed by atoms with van der Waals surface area (Å²) in [4.78, 5) is 24.3. The number of nitrogens with zero attached hydrogens (tertiary/aromatic N) is 1. The molecule has 0 aliphatic rings. The first-order valence-corrected chi connectivity index (χ1v) is 11.1. The molecule has 10 heteroatoms. The quantitative estimate of drug-likeness (QED) is 0.544. The SMILES string of the molecule is CN(c1ccc(Cl)cc1)S(=O)(=O)c1cc(C(=O)NNC(=O)c2ccccc2)ccc1Cl. The summed E-state index contributed by atoms with van der Waals surface area (Å²) in [6, 6.07) is 18.3. The van der Waals surface area contributed by atoms with E-state index in [0.29, 0.717) is 16.3 Å². The van der Waals surface area contributed by atoms with E-state index in [9.17, 15) is 18.0 Å². The molecule has 0 saturated heterocycles. The van der Waals surface area contributed by atoms with Crippen LogP contribution in [0.2, 0.25) is 10.0 Å². The Hall–Kier alpha value is -3.07. The van der Waals surface area contributed by atoms with Gasteiger partial charge in [-0.15, -0.1) is 0 Å². The maximum absolute atomic E-state index is 13.1. The summed E-state index contributed by atoms with van der Waals surface area (Å²) in [7, 11) is -2.71. The van der Waals surface area contributed by atoms with Crippen molar-refractivity contribution in [3.05, 3.63) is 94.0 Å². The molecule has 0 heterocycles. The molecular formula is C21H17Cl2N3O4S. The van der Waals surface area contributed by atoms with Crippen LogP contribution in [-0.2, 0) is 10.0 Å². The van der Waals surface area contributed by atoms with Crippen LogP contribution in [0.25, 0.3) is 0 Å². The van der Waals surface area contributed by atoms with Crippen molar-refractivity contribution in [1.29, 1.82) is 0 Å². The maximum atomic E-state index is 13.1. The fourth-order valence-electron chi connectivity index (χ4n) is 2.63. The third kappa shape index (κ3) is 5.16. The standard InChI is InChI=1S/C21H17Cl2N3O4S/c1-26(17-10-8-16(22)9-11-17)31(29,30)19-13-15(7-12-18(19)23)21(28)25-24-20(27)14-5-3-2-4-6-14/h2-13H,1H3,(H,24,27)(H,25,28). The largest absolute Gasteiger partial charge is 0.269 e. The lowest BCUT2D eigenvalue weighted by atomic mass is 10.2. The first kappa shape index (κ1) is 22.6. The molecule has 0 aliphatic carbocycles. The number of carbonyl (C=O) groups is 2. The van der Waals surface area contributed by atoms with Crippen LogP contribution in [0.15, 0.2) is 77.7 Å². The summed E-state index contributed by atoms with van der Waals surface area (Å²) in [6.45, 7) is 0. The lowest BCUT2D eigenvalue weighted by Gasteiger charge is -2.20. The third-order valence-electron chi connectivity index (χ3n) is 4.35. The van der Waals surface area contributed by atoms with E-state index in [-0.39, 0.29) is 15.5 Å². The highest BCUT2D eigenvalue weighted by atomic mass is 35.5. The Morgan fingerprint density at radius 3 is 2.00 bits per heavy atom. The van der Waals surface area contributed by atoms with Gasteiger partial charge in [-0.3, -0.25) is 24.7 Å². The van der Waals surface area contributed by atoms with Crippen LogP contribution in [0.5, 0.6) is 0 Å². The average molecular weight is 478 g/mol.